The summed E-state index contributed by atoms with van der Waals surface area (Å²) in [7, 11) is 0. The van der Waals surface area contributed by atoms with Crippen LogP contribution < -0.4 is 5.32 Å². The van der Waals surface area contributed by atoms with Crippen LogP contribution in [0.25, 0.3) is 5.65 Å². The Balaban J connectivity index is 1.37. The highest BCUT2D eigenvalue weighted by atomic mass is 35.5. The van der Waals surface area contributed by atoms with E-state index in [1.807, 2.05) is 28.8 Å². The lowest BCUT2D eigenvalue weighted by Gasteiger charge is -2.35. The molecule has 3 heterocycles. The van der Waals surface area contributed by atoms with Gasteiger partial charge < -0.3 is 14.5 Å². The predicted octanol–water partition coefficient (Wildman–Crippen LogP) is 2.97. The van der Waals surface area contributed by atoms with Crippen molar-refractivity contribution in [2.75, 3.05) is 26.2 Å². The first-order chi connectivity index (χ1) is 11.6. The van der Waals surface area contributed by atoms with Crippen molar-refractivity contribution in [3.63, 3.8) is 0 Å². The van der Waals surface area contributed by atoms with Crippen LogP contribution in [0, 0.1) is 0 Å². The lowest BCUT2D eigenvalue weighted by molar-refractivity contribution is -0.0681. The average molecular weight is 351 g/mol. The van der Waals surface area contributed by atoms with Gasteiger partial charge in [-0.2, -0.15) is 0 Å². The van der Waals surface area contributed by atoms with Crippen LogP contribution in [-0.4, -0.2) is 52.7 Å². The number of halogens is 1. The molecule has 0 aromatic carbocycles. The molecule has 0 spiro atoms. The van der Waals surface area contributed by atoms with E-state index in [0.29, 0.717) is 17.4 Å². The van der Waals surface area contributed by atoms with Gasteiger partial charge in [-0.1, -0.05) is 17.7 Å². The highest BCUT2D eigenvalue weighted by Crippen LogP contribution is 2.17. The molecule has 6 heteroatoms. The maximum atomic E-state index is 6.25. The maximum Gasteiger partial charge on any atom is 0.152 e. The molecule has 5 nitrogen and oxygen atoms in total. The zero-order chi connectivity index (χ0) is 16.9. The molecule has 2 atom stereocenters. The Labute approximate surface area is 149 Å². The van der Waals surface area contributed by atoms with E-state index in [1.165, 1.54) is 6.42 Å². The minimum absolute atomic E-state index is 0.351. The van der Waals surface area contributed by atoms with Gasteiger partial charge in [0.25, 0.3) is 0 Å². The van der Waals surface area contributed by atoms with Gasteiger partial charge in [0.2, 0.25) is 0 Å². The number of ether oxygens (including phenoxy) is 1. The lowest BCUT2D eigenvalue weighted by atomic mass is 10.2. The van der Waals surface area contributed by atoms with Crippen LogP contribution in [0.15, 0.2) is 24.4 Å². The van der Waals surface area contributed by atoms with Crippen molar-refractivity contribution < 1.29 is 4.74 Å². The molecule has 24 heavy (non-hydrogen) atoms. The Kier molecular flexibility index (Phi) is 6.11. The fraction of sp³-hybridized carbons (Fsp3) is 0.611. The van der Waals surface area contributed by atoms with Crippen molar-refractivity contribution in [2.45, 2.75) is 45.4 Å². The maximum absolute atomic E-state index is 6.25. The van der Waals surface area contributed by atoms with Gasteiger partial charge in [-0.05, 0) is 51.9 Å². The highest BCUT2D eigenvalue weighted by Gasteiger charge is 2.21. The topological polar surface area (TPSA) is 41.8 Å². The number of morpholine rings is 1. The predicted molar refractivity (Wildman–Crippen MR) is 97.6 cm³/mol. The second-order valence-electron chi connectivity index (χ2n) is 6.68. The molecule has 0 bridgehead atoms. The van der Waals surface area contributed by atoms with Crippen LogP contribution >= 0.6 is 11.6 Å². The summed E-state index contributed by atoms with van der Waals surface area (Å²) in [5, 5.41) is 4.08. The molecule has 2 aromatic rings. The smallest absolute Gasteiger partial charge is 0.152 e. The van der Waals surface area contributed by atoms with Gasteiger partial charge in [-0.25, -0.2) is 4.98 Å². The molecular formula is C18H27ClN4O. The molecule has 1 N–H and O–H groups in total. The molecule has 1 saturated heterocycles. The summed E-state index contributed by atoms with van der Waals surface area (Å²) in [6.45, 7) is 9.30. The second kappa shape index (κ2) is 8.30. The lowest BCUT2D eigenvalue weighted by Crippen LogP contribution is -2.45. The number of fused-ring (bicyclic) bond motifs is 1. The van der Waals surface area contributed by atoms with Crippen molar-refractivity contribution in [2.24, 2.45) is 0 Å². The monoisotopic (exact) mass is 350 g/mol. The molecule has 1 aliphatic heterocycles. The zero-order valence-corrected chi connectivity index (χ0v) is 15.3. The van der Waals surface area contributed by atoms with E-state index in [-0.39, 0.29) is 0 Å². The number of hydrogen-bond donors (Lipinski definition) is 1. The Morgan fingerprint density at radius 1 is 1.25 bits per heavy atom. The Hall–Kier alpha value is -1.14. The summed E-state index contributed by atoms with van der Waals surface area (Å²) >= 11 is 6.25. The largest absolute Gasteiger partial charge is 0.373 e. The first-order valence-electron chi connectivity index (χ1n) is 8.83. The van der Waals surface area contributed by atoms with Crippen molar-refractivity contribution in [1.82, 2.24) is 19.6 Å². The fourth-order valence-corrected chi connectivity index (χ4v) is 3.68. The molecule has 0 amide bonds. The fourth-order valence-electron chi connectivity index (χ4n) is 3.44. The van der Waals surface area contributed by atoms with E-state index < -0.39 is 0 Å². The molecular weight excluding hydrogens is 324 g/mol. The molecule has 2 aromatic heterocycles. The number of imidazole rings is 1. The number of aromatic nitrogens is 2. The van der Waals surface area contributed by atoms with Crippen LogP contribution in [-0.2, 0) is 11.3 Å². The Bertz CT molecular complexity index is 650. The first kappa shape index (κ1) is 17.7. The molecule has 0 unspecified atom stereocenters. The van der Waals surface area contributed by atoms with E-state index in [9.17, 15) is 0 Å². The third-order valence-corrected chi connectivity index (χ3v) is 4.75. The average Bonchev–Trinajstić information content (AvgIpc) is 2.85. The van der Waals surface area contributed by atoms with E-state index in [0.717, 1.165) is 50.5 Å². The SMILES string of the molecule is C[C@@H]1CN(CCCCNCc2c(Cl)nc3ccccn23)C[C@@H](C)O1. The summed E-state index contributed by atoms with van der Waals surface area (Å²) in [5.74, 6) is 0. The highest BCUT2D eigenvalue weighted by molar-refractivity contribution is 6.30. The van der Waals surface area contributed by atoms with E-state index in [4.69, 9.17) is 16.3 Å². The molecule has 1 aliphatic rings. The summed E-state index contributed by atoms with van der Waals surface area (Å²) in [4.78, 5) is 6.89. The number of nitrogens with one attached hydrogen (secondary N) is 1. The van der Waals surface area contributed by atoms with Crippen LogP contribution in [0.5, 0.6) is 0 Å². The number of hydrogen-bond acceptors (Lipinski definition) is 4. The van der Waals surface area contributed by atoms with Gasteiger partial charge in [0.05, 0.1) is 17.9 Å². The third kappa shape index (κ3) is 4.48. The van der Waals surface area contributed by atoms with Gasteiger partial charge in [0.15, 0.2) is 5.15 Å². The number of nitrogens with zero attached hydrogens (tertiary/aromatic N) is 3. The molecule has 1 fully saturated rings. The summed E-state index contributed by atoms with van der Waals surface area (Å²) in [5.41, 5.74) is 1.93. The molecule has 3 rings (SSSR count). The van der Waals surface area contributed by atoms with E-state index in [2.05, 4.69) is 29.0 Å². The Morgan fingerprint density at radius 3 is 2.83 bits per heavy atom. The molecule has 0 radical (unpaired) electrons. The quantitative estimate of drug-likeness (QED) is 0.779. The van der Waals surface area contributed by atoms with Crippen molar-refractivity contribution in [3.05, 3.63) is 35.2 Å². The number of unbranched alkanes of at least 4 members (excludes halogenated alkanes) is 1. The standard InChI is InChI=1S/C18H27ClN4O/c1-14-12-22(13-15(2)24-14)9-6-4-8-20-11-16-18(19)21-17-7-3-5-10-23(16)17/h3,5,7,10,14-15,20H,4,6,8-9,11-13H2,1-2H3/t14-,15-/m1/s1. The Morgan fingerprint density at radius 2 is 2.04 bits per heavy atom. The first-order valence-corrected chi connectivity index (χ1v) is 9.21. The second-order valence-corrected chi connectivity index (χ2v) is 7.04. The summed E-state index contributed by atoms with van der Waals surface area (Å²) in [6, 6.07) is 5.95. The molecule has 0 saturated carbocycles. The van der Waals surface area contributed by atoms with Crippen LogP contribution in [0.4, 0.5) is 0 Å². The minimum atomic E-state index is 0.351. The van der Waals surface area contributed by atoms with Gasteiger partial charge >= 0.3 is 0 Å². The minimum Gasteiger partial charge on any atom is -0.373 e. The van der Waals surface area contributed by atoms with Crippen LogP contribution in [0.2, 0.25) is 5.15 Å². The van der Waals surface area contributed by atoms with Gasteiger partial charge in [0.1, 0.15) is 5.65 Å². The number of rotatable bonds is 7. The van der Waals surface area contributed by atoms with E-state index >= 15 is 0 Å². The van der Waals surface area contributed by atoms with E-state index in [1.54, 1.807) is 0 Å². The van der Waals surface area contributed by atoms with Gasteiger partial charge in [-0.3, -0.25) is 4.90 Å². The van der Waals surface area contributed by atoms with Crippen molar-refractivity contribution in [1.29, 1.82) is 0 Å². The van der Waals surface area contributed by atoms with Gasteiger partial charge in [0, 0.05) is 25.8 Å². The van der Waals surface area contributed by atoms with Crippen molar-refractivity contribution >= 4 is 17.2 Å². The zero-order valence-electron chi connectivity index (χ0n) is 14.5. The summed E-state index contributed by atoms with van der Waals surface area (Å²) < 4.78 is 7.82. The van der Waals surface area contributed by atoms with Crippen LogP contribution in [0.3, 0.4) is 0 Å². The normalized spacial score (nSPS) is 22.3. The molecule has 0 aliphatic carbocycles. The van der Waals surface area contributed by atoms with Crippen LogP contribution in [0.1, 0.15) is 32.4 Å². The number of pyridine rings is 1. The molecule has 132 valence electrons. The third-order valence-electron chi connectivity index (χ3n) is 4.45. The van der Waals surface area contributed by atoms with Crippen molar-refractivity contribution in [3.8, 4) is 0 Å². The summed E-state index contributed by atoms with van der Waals surface area (Å²) in [6.07, 6.45) is 5.07. The van der Waals surface area contributed by atoms with Gasteiger partial charge in [-0.15, -0.1) is 0 Å².